The van der Waals surface area contributed by atoms with Crippen molar-refractivity contribution in [2.45, 2.75) is 116 Å². The molecule has 1 aliphatic heterocycles. The molecule has 6 heteroatoms. The van der Waals surface area contributed by atoms with Crippen LogP contribution in [0.2, 0.25) is 0 Å². The smallest absolute Gasteiger partial charge is 0.512 e. The molecule has 2 aromatic heterocycles. The summed E-state index contributed by atoms with van der Waals surface area (Å²) in [6.07, 6.45) is 5.09. The Kier molecular flexibility index (Phi) is 8.51. The number of benzene rings is 3. The summed E-state index contributed by atoms with van der Waals surface area (Å²) >= 11 is 0. The van der Waals surface area contributed by atoms with Crippen molar-refractivity contribution < 1.29 is 30.5 Å². The maximum absolute atomic E-state index is 6.61. The third kappa shape index (κ3) is 5.91. The van der Waals surface area contributed by atoms with Gasteiger partial charge in [-0.15, -0.1) is 29.1 Å². The summed E-state index contributed by atoms with van der Waals surface area (Å²) in [6.45, 7) is 22.3. The second-order valence-electron chi connectivity index (χ2n) is 16.4. The Morgan fingerprint density at radius 2 is 1.56 bits per heavy atom. The largest absolute Gasteiger partial charge is 2.00 e. The fourth-order valence-corrected chi connectivity index (χ4v) is 7.10. The minimum absolute atomic E-state index is 0. The normalized spacial score (nSPS) is 20.9. The molecule has 0 spiro atoms. The first-order chi connectivity index (χ1) is 22.0. The van der Waals surface area contributed by atoms with Crippen molar-refractivity contribution >= 4 is 27.7 Å². The third-order valence-electron chi connectivity index (χ3n) is 10.5. The van der Waals surface area contributed by atoms with Gasteiger partial charge >= 0.3 is 21.1 Å². The Hall–Kier alpha value is -3.43. The van der Waals surface area contributed by atoms with E-state index in [1.165, 1.54) is 16.5 Å². The fraction of sp³-hybridized carbons (Fsp3) is 0.429. The van der Waals surface area contributed by atoms with Gasteiger partial charge in [-0.3, -0.25) is 4.99 Å². The van der Waals surface area contributed by atoms with E-state index >= 15 is 0 Å². The Labute approximate surface area is 300 Å². The summed E-state index contributed by atoms with van der Waals surface area (Å²) < 4.78 is 15.4. The quantitative estimate of drug-likeness (QED) is 0.166. The predicted molar refractivity (Wildman–Crippen MR) is 193 cm³/mol. The van der Waals surface area contributed by atoms with Gasteiger partial charge in [0, 0.05) is 23.2 Å². The molecule has 5 aromatic rings. The zero-order valence-electron chi connectivity index (χ0n) is 29.9. The van der Waals surface area contributed by atoms with Gasteiger partial charge in [-0.2, -0.15) is 6.07 Å². The first-order valence-corrected chi connectivity index (χ1v) is 17.1. The molecule has 0 amide bonds. The van der Waals surface area contributed by atoms with Crippen molar-refractivity contribution in [1.29, 1.82) is 0 Å². The molecule has 1 fully saturated rings. The molecule has 5 nitrogen and oxygen atoms in total. The molecule has 3 heterocycles. The van der Waals surface area contributed by atoms with Crippen LogP contribution >= 0.6 is 0 Å². The van der Waals surface area contributed by atoms with Crippen LogP contribution in [0.25, 0.3) is 27.6 Å². The van der Waals surface area contributed by atoms with E-state index in [-0.39, 0.29) is 43.0 Å². The Morgan fingerprint density at radius 1 is 0.833 bits per heavy atom. The van der Waals surface area contributed by atoms with Crippen molar-refractivity contribution in [2.75, 3.05) is 0 Å². The monoisotopic (exact) mass is 820 g/mol. The topological polar surface area (TPSA) is 48.6 Å². The maximum Gasteiger partial charge on any atom is 2.00 e. The molecule has 7 rings (SSSR count). The number of fused-ring (bicyclic) bond motifs is 4. The molecule has 3 aromatic carbocycles. The van der Waals surface area contributed by atoms with E-state index in [4.69, 9.17) is 19.5 Å². The van der Waals surface area contributed by atoms with E-state index in [0.29, 0.717) is 23.3 Å². The molecular weight excluding hydrogens is 774 g/mol. The van der Waals surface area contributed by atoms with Crippen LogP contribution in [0.5, 0.6) is 11.5 Å². The SMILES string of the molecule is CC(C)c1cc(Oc2[c-]c3c(cc2)c2cc(C(C)(C)C)ccc2n3-c2cc(C(C)(C)C)ccn2)[c-]c(C2=N[C@]3(C)CCC[C@]3(C)O2)c1.[Pt+2]. The van der Waals surface area contributed by atoms with Gasteiger partial charge in [0.25, 0.3) is 0 Å². The minimum atomic E-state index is -0.275. The molecule has 48 heavy (non-hydrogen) atoms. The number of hydrogen-bond acceptors (Lipinski definition) is 4. The molecule has 0 unspecified atom stereocenters. The Balaban J connectivity index is 0.00000401. The number of rotatable bonds is 5. The zero-order chi connectivity index (χ0) is 33.5. The zero-order valence-corrected chi connectivity index (χ0v) is 32.2. The molecule has 2 atom stereocenters. The van der Waals surface area contributed by atoms with Crippen LogP contribution in [0.3, 0.4) is 0 Å². The van der Waals surface area contributed by atoms with E-state index in [1.54, 1.807) is 0 Å². The molecule has 1 saturated carbocycles. The average molecular weight is 821 g/mol. The van der Waals surface area contributed by atoms with Gasteiger partial charge in [-0.05, 0) is 84.6 Å². The van der Waals surface area contributed by atoms with E-state index in [1.807, 2.05) is 12.3 Å². The maximum atomic E-state index is 6.61. The van der Waals surface area contributed by atoms with Gasteiger partial charge in [0.05, 0.1) is 5.54 Å². The Bertz CT molecular complexity index is 2060. The van der Waals surface area contributed by atoms with Crippen molar-refractivity contribution in [3.63, 3.8) is 0 Å². The number of hydrogen-bond donors (Lipinski definition) is 0. The Morgan fingerprint density at radius 3 is 2.25 bits per heavy atom. The molecule has 0 saturated heterocycles. The van der Waals surface area contributed by atoms with Gasteiger partial charge in [0.2, 0.25) is 0 Å². The number of ether oxygens (including phenoxy) is 2. The van der Waals surface area contributed by atoms with Crippen LogP contribution in [-0.4, -0.2) is 26.6 Å². The third-order valence-corrected chi connectivity index (χ3v) is 10.5. The van der Waals surface area contributed by atoms with Gasteiger partial charge < -0.3 is 14.0 Å². The van der Waals surface area contributed by atoms with Crippen LogP contribution in [-0.2, 0) is 36.6 Å². The van der Waals surface area contributed by atoms with E-state index in [9.17, 15) is 0 Å². The van der Waals surface area contributed by atoms with Gasteiger partial charge in [-0.25, -0.2) is 4.98 Å². The molecule has 0 N–H and O–H groups in total. The standard InChI is InChI=1S/C42H47N3O2.Pt/c1-26(2)27-20-28(38-44-41(9)17-11-18-42(41,10)47-38)22-32(21-27)46-31-13-14-33-34-23-29(39(3,4)5)12-15-35(34)45(36(33)25-31)37-24-30(16-19-43-37)40(6,7)8;/h12-16,19-21,23-24,26H,11,17-18H2,1-10H3;/q-2;+2/t41-,42+;/m1./s1. The number of aromatic nitrogens is 2. The van der Waals surface area contributed by atoms with E-state index < -0.39 is 0 Å². The summed E-state index contributed by atoms with van der Waals surface area (Å²) in [7, 11) is 0. The summed E-state index contributed by atoms with van der Waals surface area (Å²) in [5.41, 5.74) is 6.07. The minimum Gasteiger partial charge on any atom is -0.512 e. The van der Waals surface area contributed by atoms with Crippen molar-refractivity contribution in [3.05, 3.63) is 95.2 Å². The van der Waals surface area contributed by atoms with Crippen LogP contribution in [0.15, 0.2) is 65.8 Å². The van der Waals surface area contributed by atoms with Gasteiger partial charge in [-0.1, -0.05) is 90.7 Å². The van der Waals surface area contributed by atoms with Gasteiger partial charge in [0.1, 0.15) is 17.3 Å². The molecular formula is C42H47N3O2Pt. The van der Waals surface area contributed by atoms with Crippen molar-refractivity contribution in [2.24, 2.45) is 4.99 Å². The second kappa shape index (κ2) is 11.9. The number of nitrogens with zero attached hydrogens (tertiary/aromatic N) is 3. The number of pyridine rings is 1. The summed E-state index contributed by atoms with van der Waals surface area (Å²) in [5, 5.41) is 2.29. The molecule has 1 aliphatic carbocycles. The van der Waals surface area contributed by atoms with E-state index in [0.717, 1.165) is 52.6 Å². The van der Waals surface area contributed by atoms with Crippen LogP contribution < -0.4 is 4.74 Å². The van der Waals surface area contributed by atoms with Crippen LogP contribution in [0.4, 0.5) is 0 Å². The van der Waals surface area contributed by atoms with Crippen LogP contribution in [0, 0.1) is 12.1 Å². The second-order valence-corrected chi connectivity index (χ2v) is 16.4. The van der Waals surface area contributed by atoms with Gasteiger partial charge in [0.15, 0.2) is 0 Å². The van der Waals surface area contributed by atoms with Crippen LogP contribution in [0.1, 0.15) is 117 Å². The summed E-state index contributed by atoms with van der Waals surface area (Å²) in [4.78, 5) is 9.99. The molecule has 0 radical (unpaired) electrons. The average Bonchev–Trinajstić information content (AvgIpc) is 3.57. The molecule has 252 valence electrons. The first-order valence-electron chi connectivity index (χ1n) is 17.1. The summed E-state index contributed by atoms with van der Waals surface area (Å²) in [5.74, 6) is 3.09. The van der Waals surface area contributed by atoms with Crippen molar-refractivity contribution in [3.8, 4) is 17.3 Å². The molecule has 0 bridgehead atoms. The first kappa shape index (κ1) is 34.4. The van der Waals surface area contributed by atoms with E-state index in [2.05, 4.69) is 134 Å². The predicted octanol–water partition coefficient (Wildman–Crippen LogP) is 10.8. The van der Waals surface area contributed by atoms with Crippen molar-refractivity contribution in [1.82, 2.24) is 9.55 Å². The molecule has 2 aliphatic rings. The summed E-state index contributed by atoms with van der Waals surface area (Å²) in [6, 6.07) is 26.6. The number of aliphatic imine (C=N–C) groups is 1. The fourth-order valence-electron chi connectivity index (χ4n) is 7.10.